The summed E-state index contributed by atoms with van der Waals surface area (Å²) in [6.07, 6.45) is 8.90. The standard InChI is InChI=1S/C31H23FN8/c32-23-8-6-21(7-9-23)25-16-35-17-28-29(25)38-31(37-28)30-24-11-26(36-18-27(24)39-40-30)22-10-20(14-34-15-22)13-33-12-19-4-2-1-3-5-19/h1-11,14-18,33H,12-13H2,(H,37,38)(H,39,40). The van der Waals surface area contributed by atoms with E-state index in [4.69, 9.17) is 4.98 Å². The van der Waals surface area contributed by atoms with Gasteiger partial charge in [-0.15, -0.1) is 0 Å². The van der Waals surface area contributed by atoms with Crippen LogP contribution in [0.1, 0.15) is 11.1 Å². The van der Waals surface area contributed by atoms with Gasteiger partial charge in [0.2, 0.25) is 0 Å². The fraction of sp³-hybridized carbons (Fsp3) is 0.0645. The van der Waals surface area contributed by atoms with Gasteiger partial charge in [-0.25, -0.2) is 9.37 Å². The van der Waals surface area contributed by atoms with Crippen LogP contribution in [0.2, 0.25) is 0 Å². The van der Waals surface area contributed by atoms with Crippen LogP contribution in [0.3, 0.4) is 0 Å². The Labute approximate surface area is 228 Å². The molecule has 0 atom stereocenters. The first-order valence-corrected chi connectivity index (χ1v) is 12.8. The molecule has 0 bridgehead atoms. The number of halogens is 1. The Hall–Kier alpha value is -5.28. The zero-order valence-corrected chi connectivity index (χ0v) is 21.3. The number of benzene rings is 2. The smallest absolute Gasteiger partial charge is 0.157 e. The number of fused-ring (bicyclic) bond motifs is 2. The van der Waals surface area contributed by atoms with Gasteiger partial charge in [0, 0.05) is 48.2 Å². The molecule has 0 amide bonds. The Morgan fingerprint density at radius 3 is 2.48 bits per heavy atom. The highest BCUT2D eigenvalue weighted by Crippen LogP contribution is 2.32. The number of nitrogens with zero attached hydrogens (tertiary/aromatic N) is 5. The van der Waals surface area contributed by atoms with Crippen molar-refractivity contribution in [2.75, 3.05) is 0 Å². The summed E-state index contributed by atoms with van der Waals surface area (Å²) in [6, 6.07) is 20.7. The molecule has 9 heteroatoms. The maximum absolute atomic E-state index is 13.5. The molecule has 7 aromatic rings. The lowest BCUT2D eigenvalue weighted by Crippen LogP contribution is -2.12. The van der Waals surface area contributed by atoms with Crippen molar-refractivity contribution in [3.63, 3.8) is 0 Å². The predicted octanol–water partition coefficient (Wildman–Crippen LogP) is 6.05. The summed E-state index contributed by atoms with van der Waals surface area (Å²) in [4.78, 5) is 21.7. The average molecular weight is 527 g/mol. The molecule has 194 valence electrons. The van der Waals surface area contributed by atoms with Crippen LogP contribution in [0.4, 0.5) is 4.39 Å². The zero-order valence-electron chi connectivity index (χ0n) is 21.3. The van der Waals surface area contributed by atoms with Gasteiger partial charge in [-0.2, -0.15) is 5.10 Å². The van der Waals surface area contributed by atoms with Gasteiger partial charge in [0.25, 0.3) is 0 Å². The van der Waals surface area contributed by atoms with E-state index in [9.17, 15) is 4.39 Å². The molecule has 40 heavy (non-hydrogen) atoms. The van der Waals surface area contributed by atoms with Crippen LogP contribution in [-0.4, -0.2) is 35.1 Å². The van der Waals surface area contributed by atoms with E-state index in [1.165, 1.54) is 17.7 Å². The molecule has 8 nitrogen and oxygen atoms in total. The molecule has 7 rings (SSSR count). The highest BCUT2D eigenvalue weighted by Gasteiger charge is 2.16. The summed E-state index contributed by atoms with van der Waals surface area (Å²) in [5, 5.41) is 11.9. The molecule has 0 saturated carbocycles. The summed E-state index contributed by atoms with van der Waals surface area (Å²) in [5.41, 5.74) is 8.65. The van der Waals surface area contributed by atoms with Crippen LogP contribution in [0, 0.1) is 5.82 Å². The lowest BCUT2D eigenvalue weighted by Gasteiger charge is -2.07. The molecule has 5 aromatic heterocycles. The Kier molecular flexibility index (Phi) is 6.02. The maximum atomic E-state index is 13.5. The molecule has 0 aliphatic rings. The molecule has 5 heterocycles. The topological polar surface area (TPSA) is 108 Å². The third-order valence-electron chi connectivity index (χ3n) is 6.82. The zero-order chi connectivity index (χ0) is 26.9. The fourth-order valence-corrected chi connectivity index (χ4v) is 4.82. The van der Waals surface area contributed by atoms with E-state index >= 15 is 0 Å². The normalized spacial score (nSPS) is 11.4. The Balaban J connectivity index is 1.20. The highest BCUT2D eigenvalue weighted by atomic mass is 19.1. The lowest BCUT2D eigenvalue weighted by atomic mass is 10.1. The van der Waals surface area contributed by atoms with E-state index in [-0.39, 0.29) is 5.82 Å². The van der Waals surface area contributed by atoms with Gasteiger partial charge < -0.3 is 10.3 Å². The van der Waals surface area contributed by atoms with Crippen molar-refractivity contribution in [3.8, 4) is 33.9 Å². The van der Waals surface area contributed by atoms with Crippen molar-refractivity contribution in [1.29, 1.82) is 0 Å². The predicted molar refractivity (Wildman–Crippen MR) is 152 cm³/mol. The number of aromatic nitrogens is 7. The molecular weight excluding hydrogens is 503 g/mol. The minimum Gasteiger partial charge on any atom is -0.335 e. The second kappa shape index (κ2) is 10.1. The summed E-state index contributed by atoms with van der Waals surface area (Å²) >= 11 is 0. The first kappa shape index (κ1) is 23.8. The van der Waals surface area contributed by atoms with Crippen LogP contribution in [0.25, 0.3) is 55.8 Å². The minimum absolute atomic E-state index is 0.288. The van der Waals surface area contributed by atoms with Crippen LogP contribution in [0.5, 0.6) is 0 Å². The van der Waals surface area contributed by atoms with Crippen molar-refractivity contribution >= 4 is 21.9 Å². The third-order valence-corrected chi connectivity index (χ3v) is 6.82. The van der Waals surface area contributed by atoms with Crippen molar-refractivity contribution in [2.24, 2.45) is 0 Å². The summed E-state index contributed by atoms with van der Waals surface area (Å²) in [7, 11) is 0. The van der Waals surface area contributed by atoms with Crippen molar-refractivity contribution < 1.29 is 4.39 Å². The van der Waals surface area contributed by atoms with Gasteiger partial charge in [0.05, 0.1) is 29.1 Å². The molecule has 3 N–H and O–H groups in total. The molecular formula is C31H23FN8. The average Bonchev–Trinajstić information content (AvgIpc) is 3.62. The summed E-state index contributed by atoms with van der Waals surface area (Å²) in [5.74, 6) is 0.340. The van der Waals surface area contributed by atoms with Gasteiger partial charge in [-0.1, -0.05) is 42.5 Å². The van der Waals surface area contributed by atoms with Crippen LogP contribution in [-0.2, 0) is 13.1 Å². The summed E-state index contributed by atoms with van der Waals surface area (Å²) < 4.78 is 13.5. The Bertz CT molecular complexity index is 1940. The molecule has 0 saturated heterocycles. The molecule has 0 radical (unpaired) electrons. The van der Waals surface area contributed by atoms with Crippen LogP contribution >= 0.6 is 0 Å². The number of imidazole rings is 1. The lowest BCUT2D eigenvalue weighted by molar-refractivity contribution is 0.628. The third kappa shape index (κ3) is 4.59. The van der Waals surface area contributed by atoms with Crippen molar-refractivity contribution in [3.05, 3.63) is 115 Å². The van der Waals surface area contributed by atoms with Gasteiger partial charge in [-0.05, 0) is 41.0 Å². The molecule has 2 aromatic carbocycles. The number of pyridine rings is 3. The van der Waals surface area contributed by atoms with Gasteiger partial charge in [-0.3, -0.25) is 20.1 Å². The number of nitrogens with one attached hydrogen (secondary N) is 3. The van der Waals surface area contributed by atoms with E-state index in [0.717, 1.165) is 62.1 Å². The number of rotatable bonds is 7. The molecule has 0 aliphatic heterocycles. The minimum atomic E-state index is -0.288. The van der Waals surface area contributed by atoms with Crippen LogP contribution < -0.4 is 5.32 Å². The van der Waals surface area contributed by atoms with Gasteiger partial charge in [0.1, 0.15) is 17.0 Å². The second-order valence-electron chi connectivity index (χ2n) is 9.53. The number of H-pyrrole nitrogens is 2. The number of hydrogen-bond acceptors (Lipinski definition) is 6. The first-order valence-electron chi connectivity index (χ1n) is 12.8. The van der Waals surface area contributed by atoms with E-state index < -0.39 is 0 Å². The molecule has 0 spiro atoms. The van der Waals surface area contributed by atoms with Crippen molar-refractivity contribution in [1.82, 2.24) is 40.4 Å². The second-order valence-corrected chi connectivity index (χ2v) is 9.53. The Morgan fingerprint density at radius 1 is 0.775 bits per heavy atom. The number of hydrogen-bond donors (Lipinski definition) is 3. The first-order chi connectivity index (χ1) is 19.7. The molecule has 0 unspecified atom stereocenters. The van der Waals surface area contributed by atoms with Crippen molar-refractivity contribution in [2.45, 2.75) is 13.1 Å². The van der Waals surface area contributed by atoms with Gasteiger partial charge >= 0.3 is 0 Å². The van der Waals surface area contributed by atoms with E-state index in [2.05, 4.69) is 53.6 Å². The molecule has 0 fully saturated rings. The van der Waals surface area contributed by atoms with Crippen LogP contribution in [0.15, 0.2) is 97.7 Å². The fourth-order valence-electron chi connectivity index (χ4n) is 4.82. The summed E-state index contributed by atoms with van der Waals surface area (Å²) in [6.45, 7) is 1.47. The van der Waals surface area contributed by atoms with E-state index in [1.807, 2.05) is 36.7 Å². The monoisotopic (exact) mass is 526 g/mol. The number of aromatic amines is 2. The Morgan fingerprint density at radius 2 is 1.60 bits per heavy atom. The highest BCUT2D eigenvalue weighted by molar-refractivity contribution is 5.97. The molecule has 0 aliphatic carbocycles. The SMILES string of the molecule is Fc1ccc(-c2cncc3[nH]c(-c4[nH]nc5cnc(-c6cncc(CNCc7ccccc7)c6)cc45)nc23)cc1. The quantitative estimate of drug-likeness (QED) is 0.233. The van der Waals surface area contributed by atoms with E-state index in [1.54, 1.807) is 30.7 Å². The maximum Gasteiger partial charge on any atom is 0.157 e. The van der Waals surface area contributed by atoms with Gasteiger partial charge in [0.15, 0.2) is 5.82 Å². The van der Waals surface area contributed by atoms with E-state index in [0.29, 0.717) is 12.4 Å². The largest absolute Gasteiger partial charge is 0.335 e.